The first kappa shape index (κ1) is 13.5. The molecule has 0 saturated heterocycles. The highest BCUT2D eigenvalue weighted by Gasteiger charge is 2.23. The Kier molecular flexibility index (Phi) is 3.83. The van der Waals surface area contributed by atoms with E-state index < -0.39 is 7.12 Å². The van der Waals surface area contributed by atoms with Crippen LogP contribution in [0, 0.1) is 0 Å². The van der Waals surface area contributed by atoms with Gasteiger partial charge in [-0.25, -0.2) is 0 Å². The molecule has 2 rings (SSSR count). The van der Waals surface area contributed by atoms with Gasteiger partial charge in [-0.2, -0.15) is 0 Å². The second-order valence-electron chi connectivity index (χ2n) is 3.96. The molecule has 0 bridgehead atoms. The molecule has 19 heavy (non-hydrogen) atoms. The summed E-state index contributed by atoms with van der Waals surface area (Å²) in [5.74, 6) is 1.52. The lowest BCUT2D eigenvalue weighted by molar-refractivity contribution is 0.396. The molecule has 0 aliphatic heterocycles. The van der Waals surface area contributed by atoms with Crippen molar-refractivity contribution < 1.29 is 24.3 Å². The van der Waals surface area contributed by atoms with Crippen LogP contribution in [0.15, 0.2) is 24.3 Å². The Morgan fingerprint density at radius 1 is 0.947 bits per heavy atom. The monoisotopic (exact) mass is 262 g/mol. The molecule has 2 N–H and O–H groups in total. The lowest BCUT2D eigenvalue weighted by Gasteiger charge is -2.16. The molecule has 0 aliphatic rings. The molecule has 5 nitrogen and oxygen atoms in total. The predicted molar refractivity (Wildman–Crippen MR) is 73.4 cm³/mol. The molecule has 2 aromatic carbocycles. The van der Waals surface area contributed by atoms with E-state index in [1.807, 2.05) is 6.07 Å². The number of rotatable bonds is 4. The topological polar surface area (TPSA) is 68.2 Å². The Balaban J connectivity index is 2.91. The standard InChI is InChI=1S/C13H15BO5/c1-17-10-6-4-5-8-12(10)11(18-2)7-9(14(15)16)13(8)19-3/h4-7,15-16H,1-3H3. The molecule has 0 fully saturated rings. The third-order valence-electron chi connectivity index (χ3n) is 2.99. The van der Waals surface area contributed by atoms with Gasteiger partial charge in [-0.3, -0.25) is 0 Å². The molecule has 0 amide bonds. The van der Waals surface area contributed by atoms with Gasteiger partial charge in [-0.15, -0.1) is 0 Å². The zero-order chi connectivity index (χ0) is 14.0. The van der Waals surface area contributed by atoms with E-state index in [9.17, 15) is 10.0 Å². The van der Waals surface area contributed by atoms with Crippen molar-refractivity contribution in [1.82, 2.24) is 0 Å². The first-order valence-corrected chi connectivity index (χ1v) is 5.71. The maximum absolute atomic E-state index is 9.43. The van der Waals surface area contributed by atoms with E-state index in [0.717, 1.165) is 5.39 Å². The molecule has 0 aromatic heterocycles. The highest BCUT2D eigenvalue weighted by Crippen LogP contribution is 2.37. The van der Waals surface area contributed by atoms with Crippen LogP contribution in [0.1, 0.15) is 0 Å². The van der Waals surface area contributed by atoms with E-state index in [0.29, 0.717) is 22.6 Å². The van der Waals surface area contributed by atoms with Crippen LogP contribution in [-0.2, 0) is 0 Å². The summed E-state index contributed by atoms with van der Waals surface area (Å²) in [5.41, 5.74) is 0.250. The summed E-state index contributed by atoms with van der Waals surface area (Å²) in [6.07, 6.45) is 0. The van der Waals surface area contributed by atoms with E-state index >= 15 is 0 Å². The second-order valence-corrected chi connectivity index (χ2v) is 3.96. The summed E-state index contributed by atoms with van der Waals surface area (Å²) >= 11 is 0. The summed E-state index contributed by atoms with van der Waals surface area (Å²) in [6, 6.07) is 6.95. The van der Waals surface area contributed by atoms with Crippen molar-refractivity contribution in [2.45, 2.75) is 0 Å². The Morgan fingerprint density at radius 3 is 2.16 bits per heavy atom. The summed E-state index contributed by atoms with van der Waals surface area (Å²) < 4.78 is 15.9. The second kappa shape index (κ2) is 5.38. The predicted octanol–water partition coefficient (Wildman–Crippen LogP) is 0.545. The van der Waals surface area contributed by atoms with E-state index in [2.05, 4.69) is 0 Å². The highest BCUT2D eigenvalue weighted by molar-refractivity contribution is 6.60. The summed E-state index contributed by atoms with van der Waals surface area (Å²) in [7, 11) is 2.92. The molecule has 6 heteroatoms. The van der Waals surface area contributed by atoms with Crippen LogP contribution >= 0.6 is 0 Å². The van der Waals surface area contributed by atoms with E-state index in [1.165, 1.54) is 20.3 Å². The molecular weight excluding hydrogens is 247 g/mol. The van der Waals surface area contributed by atoms with Crippen molar-refractivity contribution in [1.29, 1.82) is 0 Å². The minimum Gasteiger partial charge on any atom is -0.496 e. The van der Waals surface area contributed by atoms with Crippen molar-refractivity contribution >= 4 is 23.4 Å². The number of hydrogen-bond donors (Lipinski definition) is 2. The highest BCUT2D eigenvalue weighted by atomic mass is 16.5. The van der Waals surface area contributed by atoms with Crippen molar-refractivity contribution in [2.24, 2.45) is 0 Å². The maximum atomic E-state index is 9.43. The lowest BCUT2D eigenvalue weighted by Crippen LogP contribution is -2.31. The summed E-state index contributed by atoms with van der Waals surface area (Å²) in [4.78, 5) is 0. The van der Waals surface area contributed by atoms with Gasteiger partial charge in [-0.1, -0.05) is 12.1 Å². The molecule has 100 valence electrons. The zero-order valence-electron chi connectivity index (χ0n) is 11.0. The minimum absolute atomic E-state index is 0.250. The normalized spacial score (nSPS) is 10.4. The quantitative estimate of drug-likeness (QED) is 0.787. The van der Waals surface area contributed by atoms with Crippen molar-refractivity contribution in [3.8, 4) is 17.2 Å². The average molecular weight is 262 g/mol. The number of hydrogen-bond acceptors (Lipinski definition) is 5. The number of ether oxygens (including phenoxy) is 3. The van der Waals surface area contributed by atoms with Gasteiger partial charge in [0.05, 0.1) is 26.7 Å². The summed E-state index contributed by atoms with van der Waals surface area (Å²) in [5, 5.41) is 20.3. The van der Waals surface area contributed by atoms with Crippen LogP contribution in [0.4, 0.5) is 0 Å². The van der Waals surface area contributed by atoms with E-state index in [1.54, 1.807) is 19.2 Å². The lowest BCUT2D eigenvalue weighted by atomic mass is 9.78. The van der Waals surface area contributed by atoms with Gasteiger partial charge < -0.3 is 24.3 Å². The molecule has 0 spiro atoms. The third-order valence-corrected chi connectivity index (χ3v) is 2.99. The fraction of sp³-hybridized carbons (Fsp3) is 0.231. The third kappa shape index (κ3) is 2.20. The van der Waals surface area contributed by atoms with Gasteiger partial charge in [0.2, 0.25) is 0 Å². The molecule has 0 heterocycles. The Labute approximate surface area is 111 Å². The van der Waals surface area contributed by atoms with Crippen molar-refractivity contribution in [3.05, 3.63) is 24.3 Å². The van der Waals surface area contributed by atoms with Crippen LogP contribution in [0.5, 0.6) is 17.2 Å². The van der Waals surface area contributed by atoms with Gasteiger partial charge >= 0.3 is 7.12 Å². The maximum Gasteiger partial charge on any atom is 0.492 e. The van der Waals surface area contributed by atoms with Crippen molar-refractivity contribution in [3.63, 3.8) is 0 Å². The average Bonchev–Trinajstić information content (AvgIpc) is 2.44. The zero-order valence-corrected chi connectivity index (χ0v) is 11.0. The van der Waals surface area contributed by atoms with Crippen LogP contribution in [0.25, 0.3) is 10.8 Å². The molecule has 0 radical (unpaired) electrons. The fourth-order valence-corrected chi connectivity index (χ4v) is 2.16. The van der Waals surface area contributed by atoms with Crippen LogP contribution in [0.2, 0.25) is 0 Å². The first-order valence-electron chi connectivity index (χ1n) is 5.71. The molecular formula is C13H15BO5. The van der Waals surface area contributed by atoms with Crippen LogP contribution < -0.4 is 19.7 Å². The van der Waals surface area contributed by atoms with Crippen LogP contribution in [0.3, 0.4) is 0 Å². The molecule has 2 aromatic rings. The number of methoxy groups -OCH3 is 3. The Hall–Kier alpha value is -1.92. The van der Waals surface area contributed by atoms with Crippen molar-refractivity contribution in [2.75, 3.05) is 21.3 Å². The SMILES string of the molecule is COc1c(B(O)O)cc(OC)c2c(OC)cccc12. The number of benzene rings is 2. The molecule has 0 aliphatic carbocycles. The van der Waals surface area contributed by atoms with Gasteiger partial charge in [-0.05, 0) is 12.1 Å². The van der Waals surface area contributed by atoms with E-state index in [-0.39, 0.29) is 5.46 Å². The minimum atomic E-state index is -1.64. The largest absolute Gasteiger partial charge is 0.496 e. The first-order chi connectivity index (χ1) is 9.13. The van der Waals surface area contributed by atoms with Crippen LogP contribution in [-0.4, -0.2) is 38.5 Å². The van der Waals surface area contributed by atoms with Gasteiger partial charge in [0.25, 0.3) is 0 Å². The van der Waals surface area contributed by atoms with E-state index in [4.69, 9.17) is 14.2 Å². The molecule has 0 unspecified atom stereocenters. The fourth-order valence-electron chi connectivity index (χ4n) is 2.16. The smallest absolute Gasteiger partial charge is 0.492 e. The Morgan fingerprint density at radius 2 is 1.63 bits per heavy atom. The molecule has 0 saturated carbocycles. The van der Waals surface area contributed by atoms with Gasteiger partial charge in [0, 0.05) is 10.8 Å². The molecule has 0 atom stereocenters. The number of fused-ring (bicyclic) bond motifs is 1. The summed E-state index contributed by atoms with van der Waals surface area (Å²) in [6.45, 7) is 0. The van der Waals surface area contributed by atoms with Gasteiger partial charge in [0.1, 0.15) is 17.2 Å². The van der Waals surface area contributed by atoms with Gasteiger partial charge in [0.15, 0.2) is 0 Å². The Bertz CT molecular complexity index is 597.